The summed E-state index contributed by atoms with van der Waals surface area (Å²) < 4.78 is 0. The molecule has 0 N–H and O–H groups in total. The fraction of sp³-hybridized carbons (Fsp3) is 0.0600. The lowest BCUT2D eigenvalue weighted by Crippen LogP contribution is -2.37. The summed E-state index contributed by atoms with van der Waals surface area (Å²) in [4.78, 5) is 21.1. The van der Waals surface area contributed by atoms with Gasteiger partial charge >= 0.3 is 0 Å². The number of hydrogen-bond donors (Lipinski definition) is 0. The number of benzene rings is 7. The number of ketones is 1. The van der Waals surface area contributed by atoms with Gasteiger partial charge in [0.15, 0.2) is 5.78 Å². The fourth-order valence-electron chi connectivity index (χ4n) is 7.11. The van der Waals surface area contributed by atoms with Crippen molar-refractivity contribution in [3.8, 4) is 0 Å². The maximum Gasteiger partial charge on any atom is 0.187 e. The molecular formula is C50H41N3O. The maximum absolute atomic E-state index is 14.2. The van der Waals surface area contributed by atoms with Gasteiger partial charge in [-0.05, 0) is 102 Å². The molecule has 0 amide bonds. The minimum atomic E-state index is 0.0952. The van der Waals surface area contributed by atoms with Crippen LogP contribution < -0.4 is 9.80 Å². The zero-order valence-electron chi connectivity index (χ0n) is 30.1. The van der Waals surface area contributed by atoms with E-state index < -0.39 is 0 Å². The zero-order chi connectivity index (χ0) is 36.5. The molecular weight excluding hydrogens is 659 g/mol. The van der Waals surface area contributed by atoms with Crippen molar-refractivity contribution in [2.24, 2.45) is 0 Å². The maximum atomic E-state index is 14.2. The van der Waals surface area contributed by atoms with E-state index in [1.807, 2.05) is 30.3 Å². The second-order valence-corrected chi connectivity index (χ2v) is 13.5. The van der Waals surface area contributed by atoms with E-state index >= 15 is 0 Å². The quantitative estimate of drug-likeness (QED) is 0.133. The van der Waals surface area contributed by atoms with Crippen LogP contribution in [-0.4, -0.2) is 23.8 Å². The van der Waals surface area contributed by atoms with Crippen molar-refractivity contribution in [3.63, 3.8) is 0 Å². The van der Waals surface area contributed by atoms with Crippen LogP contribution in [-0.2, 0) is 11.3 Å². The van der Waals surface area contributed by atoms with E-state index in [-0.39, 0.29) is 5.78 Å². The Kier molecular flexibility index (Phi) is 10.4. The highest BCUT2D eigenvalue weighted by Gasteiger charge is 2.26. The average Bonchev–Trinajstić information content (AvgIpc) is 3.23. The molecule has 1 aliphatic rings. The predicted molar refractivity (Wildman–Crippen MR) is 225 cm³/mol. The van der Waals surface area contributed by atoms with Crippen LogP contribution in [0.5, 0.6) is 0 Å². The number of Topliss-reactive ketones (excluding diaryl/α,β-unsaturated/α-hetero) is 1. The van der Waals surface area contributed by atoms with Crippen molar-refractivity contribution >= 4 is 52.1 Å². The molecule has 0 aliphatic carbocycles. The summed E-state index contributed by atoms with van der Waals surface area (Å²) in [6, 6.07) is 69.0. The first-order valence-electron chi connectivity index (χ1n) is 18.4. The SMILES string of the molecule is O=C1C(=Cc2ccc(N(c3ccccc3)c3ccccc3)cc2)CN(Cc2ccccc2)CC1=Cc1ccc(N(c2ccccc2)c2ccccc2)cc1. The minimum Gasteiger partial charge on any atom is -0.311 e. The molecule has 8 rings (SSSR count). The molecule has 262 valence electrons. The Balaban J connectivity index is 1.10. The molecule has 0 aromatic heterocycles. The number of piperidine rings is 1. The third-order valence-corrected chi connectivity index (χ3v) is 9.66. The Morgan fingerprint density at radius 1 is 0.389 bits per heavy atom. The molecule has 0 spiro atoms. The normalized spacial score (nSPS) is 14.6. The number of likely N-dealkylation sites (tertiary alicyclic amines) is 1. The van der Waals surface area contributed by atoms with Crippen molar-refractivity contribution in [2.75, 3.05) is 22.9 Å². The number of nitrogens with zero attached hydrogens (tertiary/aromatic N) is 3. The Labute approximate surface area is 318 Å². The third kappa shape index (κ3) is 8.00. The van der Waals surface area contributed by atoms with E-state index in [0.29, 0.717) is 13.1 Å². The number of anilines is 6. The predicted octanol–water partition coefficient (Wildman–Crippen LogP) is 12.2. The monoisotopic (exact) mass is 699 g/mol. The first-order valence-corrected chi connectivity index (χ1v) is 18.4. The molecule has 0 atom stereocenters. The van der Waals surface area contributed by atoms with Crippen molar-refractivity contribution in [3.05, 3.63) is 228 Å². The zero-order valence-corrected chi connectivity index (χ0v) is 30.1. The van der Waals surface area contributed by atoms with Crippen LogP contribution in [0.1, 0.15) is 16.7 Å². The molecule has 4 heteroatoms. The van der Waals surface area contributed by atoms with Gasteiger partial charge in [-0.3, -0.25) is 9.69 Å². The van der Waals surface area contributed by atoms with Crippen LogP contribution in [0.15, 0.2) is 211 Å². The molecule has 0 unspecified atom stereocenters. The lowest BCUT2D eigenvalue weighted by Gasteiger charge is -2.30. The van der Waals surface area contributed by atoms with Gasteiger partial charge in [0.1, 0.15) is 0 Å². The van der Waals surface area contributed by atoms with Crippen molar-refractivity contribution in [1.82, 2.24) is 4.90 Å². The van der Waals surface area contributed by atoms with Gasteiger partial charge in [-0.25, -0.2) is 0 Å². The Morgan fingerprint density at radius 3 is 1.02 bits per heavy atom. The molecule has 0 saturated carbocycles. The Bertz CT molecular complexity index is 2110. The smallest absolute Gasteiger partial charge is 0.187 e. The highest BCUT2D eigenvalue weighted by molar-refractivity contribution is 6.14. The molecule has 4 nitrogen and oxygen atoms in total. The number of carbonyl (C=O) groups excluding carboxylic acids is 1. The molecule has 1 heterocycles. The third-order valence-electron chi connectivity index (χ3n) is 9.66. The Morgan fingerprint density at radius 2 is 0.685 bits per heavy atom. The fourth-order valence-corrected chi connectivity index (χ4v) is 7.11. The Hall–Kier alpha value is -6.75. The highest BCUT2D eigenvalue weighted by atomic mass is 16.1. The summed E-state index contributed by atoms with van der Waals surface area (Å²) in [6.45, 7) is 1.91. The van der Waals surface area contributed by atoms with E-state index in [2.05, 4.69) is 197 Å². The highest BCUT2D eigenvalue weighted by Crippen LogP contribution is 2.36. The summed E-state index contributed by atoms with van der Waals surface area (Å²) in [6.07, 6.45) is 4.13. The van der Waals surface area contributed by atoms with E-state index in [4.69, 9.17) is 0 Å². The van der Waals surface area contributed by atoms with Crippen molar-refractivity contribution in [2.45, 2.75) is 6.54 Å². The summed E-state index contributed by atoms with van der Waals surface area (Å²) in [7, 11) is 0. The first kappa shape index (κ1) is 34.3. The number of para-hydroxylation sites is 4. The summed E-state index contributed by atoms with van der Waals surface area (Å²) in [5.74, 6) is 0.0952. The average molecular weight is 700 g/mol. The second kappa shape index (κ2) is 16.3. The van der Waals surface area contributed by atoms with Gasteiger partial charge < -0.3 is 9.80 Å². The second-order valence-electron chi connectivity index (χ2n) is 13.5. The molecule has 1 fully saturated rings. The van der Waals surface area contributed by atoms with Crippen LogP contribution in [0.25, 0.3) is 12.2 Å². The van der Waals surface area contributed by atoms with Gasteiger partial charge in [0.05, 0.1) is 0 Å². The van der Waals surface area contributed by atoms with Gasteiger partial charge in [-0.1, -0.05) is 127 Å². The van der Waals surface area contributed by atoms with E-state index in [9.17, 15) is 4.79 Å². The molecule has 0 radical (unpaired) electrons. The van der Waals surface area contributed by atoms with Gasteiger partial charge in [-0.2, -0.15) is 0 Å². The van der Waals surface area contributed by atoms with Crippen LogP contribution in [0.3, 0.4) is 0 Å². The van der Waals surface area contributed by atoms with Crippen LogP contribution >= 0.6 is 0 Å². The van der Waals surface area contributed by atoms with Gasteiger partial charge in [0.25, 0.3) is 0 Å². The largest absolute Gasteiger partial charge is 0.311 e. The standard InChI is InChI=1S/C50H41N3O/c54-50-42(34-39-26-30-48(31-27-39)52(44-18-8-2-9-19-44)45-20-10-3-11-21-45)37-51(36-41-16-6-1-7-17-41)38-43(50)35-40-28-32-49(33-29-40)53(46-22-12-4-13-23-46)47-24-14-5-15-25-47/h1-35H,36-38H2. The topological polar surface area (TPSA) is 26.8 Å². The summed E-state index contributed by atoms with van der Waals surface area (Å²) in [5, 5.41) is 0. The minimum absolute atomic E-state index is 0.0952. The first-order chi connectivity index (χ1) is 26.7. The molecule has 1 aliphatic heterocycles. The molecule has 0 bridgehead atoms. The lowest BCUT2D eigenvalue weighted by molar-refractivity contribution is -0.113. The summed E-state index contributed by atoms with van der Waals surface area (Å²) >= 11 is 0. The summed E-state index contributed by atoms with van der Waals surface area (Å²) in [5.41, 5.74) is 11.2. The number of rotatable bonds is 10. The molecule has 7 aromatic rings. The van der Waals surface area contributed by atoms with Crippen LogP contribution in [0.4, 0.5) is 34.1 Å². The van der Waals surface area contributed by atoms with E-state index in [1.165, 1.54) is 5.56 Å². The van der Waals surface area contributed by atoms with Crippen molar-refractivity contribution in [1.29, 1.82) is 0 Å². The molecule has 7 aromatic carbocycles. The van der Waals surface area contributed by atoms with E-state index in [1.54, 1.807) is 0 Å². The number of carbonyl (C=O) groups is 1. The van der Waals surface area contributed by atoms with Crippen LogP contribution in [0, 0.1) is 0 Å². The number of hydrogen-bond acceptors (Lipinski definition) is 4. The van der Waals surface area contributed by atoms with E-state index in [0.717, 1.165) is 62.9 Å². The molecule has 1 saturated heterocycles. The molecule has 54 heavy (non-hydrogen) atoms. The van der Waals surface area contributed by atoms with Crippen molar-refractivity contribution < 1.29 is 4.79 Å². The van der Waals surface area contributed by atoms with Gasteiger partial charge in [0.2, 0.25) is 0 Å². The van der Waals surface area contributed by atoms with Gasteiger partial charge in [0, 0.05) is 64.9 Å². The van der Waals surface area contributed by atoms with Gasteiger partial charge in [-0.15, -0.1) is 0 Å². The van der Waals surface area contributed by atoms with Crippen LogP contribution in [0.2, 0.25) is 0 Å². The lowest BCUT2D eigenvalue weighted by atomic mass is 9.93.